The number of aromatic nitrogens is 8. The molecule has 88 heavy (non-hydrogen) atoms. The lowest BCUT2D eigenvalue weighted by Crippen LogP contribution is -2.22. The Kier molecular flexibility index (Phi) is 23.1. The van der Waals surface area contributed by atoms with Crippen LogP contribution in [0.5, 0.6) is 5.75 Å². The van der Waals surface area contributed by atoms with E-state index in [1.54, 1.807) is 24.8 Å². The number of nitrogens with zero attached hydrogens (tertiary/aromatic N) is 6. The molecule has 0 spiro atoms. The van der Waals surface area contributed by atoms with Crippen LogP contribution in [0, 0.1) is 3.57 Å². The van der Waals surface area contributed by atoms with Crippen LogP contribution in [0.3, 0.4) is 0 Å². The first kappa shape index (κ1) is 68.4. The van der Waals surface area contributed by atoms with Crippen molar-refractivity contribution in [2.24, 2.45) is 0 Å². The highest BCUT2D eigenvalue weighted by Gasteiger charge is 2.24. The number of nitrogens with one attached hydrogen (secondary N) is 2. The number of aliphatic hydroxyl groups is 1. The summed E-state index contributed by atoms with van der Waals surface area (Å²) < 4.78 is 32.2. The number of benzene rings is 3. The summed E-state index contributed by atoms with van der Waals surface area (Å²) in [5.74, 6) is 0.868. The summed E-state index contributed by atoms with van der Waals surface area (Å²) in [6.45, 7) is 23.9. The Morgan fingerprint density at radius 3 is 1.62 bits per heavy atom. The summed E-state index contributed by atoms with van der Waals surface area (Å²) in [5, 5.41) is 15.2. The number of ether oxygens (including phenoxy) is 4. The van der Waals surface area contributed by atoms with E-state index in [0.717, 1.165) is 130 Å². The van der Waals surface area contributed by atoms with Gasteiger partial charge in [-0.15, -0.1) is 0 Å². The quantitative estimate of drug-likeness (QED) is 0.0518. The number of halogens is 8. The largest absolute Gasteiger partial charge is 0.487 e. The van der Waals surface area contributed by atoms with Crippen LogP contribution in [0.25, 0.3) is 77.5 Å². The Balaban J connectivity index is 0.000000143. The summed E-state index contributed by atoms with van der Waals surface area (Å²) in [6.07, 6.45) is 14.9. The van der Waals surface area contributed by atoms with Crippen molar-refractivity contribution in [1.29, 1.82) is 0 Å². The molecule has 0 atom stereocenters. The van der Waals surface area contributed by atoms with Crippen LogP contribution in [0.4, 0.5) is 0 Å². The first-order chi connectivity index (χ1) is 41.8. The highest BCUT2D eigenvalue weighted by molar-refractivity contribution is 14.1. The maximum atomic E-state index is 9.45. The average Bonchev–Trinajstić information content (AvgIpc) is 1.73. The number of aliphatic hydroxyl groups excluding tert-OH is 1. The van der Waals surface area contributed by atoms with E-state index in [1.807, 2.05) is 71.7 Å². The monoisotopic (exact) mass is 1640 g/mol. The smallest absolute Gasteiger partial charge is 0.147 e. The normalized spacial score (nSPS) is 12.3. The van der Waals surface area contributed by atoms with Crippen LogP contribution < -0.4 is 4.74 Å². The van der Waals surface area contributed by atoms with Gasteiger partial charge in [0.25, 0.3) is 0 Å². The number of rotatable bonds is 15. The van der Waals surface area contributed by atoms with Crippen molar-refractivity contribution in [2.75, 3.05) is 13.2 Å². The van der Waals surface area contributed by atoms with Crippen LogP contribution in [0.1, 0.15) is 37.5 Å². The van der Waals surface area contributed by atoms with E-state index in [1.165, 1.54) is 17.2 Å². The minimum Gasteiger partial charge on any atom is -0.487 e. The van der Waals surface area contributed by atoms with E-state index in [9.17, 15) is 5.11 Å². The highest BCUT2D eigenvalue weighted by atomic mass is 127. The fourth-order valence-corrected chi connectivity index (χ4v) is 14.2. The van der Waals surface area contributed by atoms with E-state index in [-0.39, 0.29) is 12.2 Å². The molecule has 1 aliphatic heterocycles. The van der Waals surface area contributed by atoms with Crippen LogP contribution >= 0.6 is 121 Å². The van der Waals surface area contributed by atoms with Crippen LogP contribution in [0.2, 0.25) is 66.4 Å². The van der Waals surface area contributed by atoms with Crippen molar-refractivity contribution in [3.63, 3.8) is 0 Å². The molecule has 13 nitrogen and oxygen atoms in total. The molecule has 462 valence electrons. The summed E-state index contributed by atoms with van der Waals surface area (Å²) in [4.78, 5) is 24.1. The van der Waals surface area contributed by atoms with Gasteiger partial charge in [-0.1, -0.05) is 147 Å². The molecule has 23 heteroatoms. The lowest BCUT2D eigenvalue weighted by Gasteiger charge is -2.20. The van der Waals surface area contributed by atoms with Gasteiger partial charge in [0.2, 0.25) is 0 Å². The lowest BCUT2D eigenvalue weighted by atomic mass is 10.00. The van der Waals surface area contributed by atoms with Gasteiger partial charge in [0.15, 0.2) is 0 Å². The maximum Gasteiger partial charge on any atom is 0.147 e. The fraction of sp³-hybridized carbons (Fsp3) is 0.292. The molecule has 3 aromatic carbocycles. The molecular formula is C65H68Br4Cl3IN8O5Si2. The maximum absolute atomic E-state index is 9.45. The molecule has 0 unspecified atom stereocenters. The van der Waals surface area contributed by atoms with Crippen molar-refractivity contribution in [3.8, 4) is 39.1 Å². The number of H-pyrrole nitrogens is 2. The summed E-state index contributed by atoms with van der Waals surface area (Å²) in [5.41, 5.74) is 12.6. The van der Waals surface area contributed by atoms with Crippen LogP contribution in [-0.2, 0) is 47.5 Å². The van der Waals surface area contributed by atoms with Gasteiger partial charge in [-0.05, 0) is 153 Å². The Morgan fingerprint density at radius 2 is 1.05 bits per heavy atom. The molecule has 3 N–H and O–H groups in total. The van der Waals surface area contributed by atoms with Crippen molar-refractivity contribution >= 4 is 181 Å². The third-order valence-corrected chi connectivity index (χ3v) is 22.8. The number of pyridine rings is 4. The molecule has 1 aliphatic rings. The number of hydrogen-bond donors (Lipinski definition) is 3. The second-order valence-electron chi connectivity index (χ2n) is 24.4. The molecule has 0 radical (unpaired) electrons. The zero-order valence-electron chi connectivity index (χ0n) is 50.2. The second-order valence-corrected chi connectivity index (χ2v) is 41.4. The van der Waals surface area contributed by atoms with E-state index in [4.69, 9.17) is 53.8 Å². The van der Waals surface area contributed by atoms with E-state index in [2.05, 4.69) is 211 Å². The zero-order chi connectivity index (χ0) is 63.2. The standard InChI is InChI=1S/C24H32BrClN2O2Si.C14H10BrClN2O.C14H9BrN2O.C13H17BrClIN2OSi/c1-24(2,3)30-15-17-9-7-8-10-18(17)19-14-28(16-29-11-12-31(4,5)6)23-21(19)22(26)20(25)13-27-23;15-11-6-18-14-12(13(11)16)10(5-17-14)9-4-2-1-3-8(9)7-19;15-11-6-17-14-12-10(5-16-14)9-4-2-1-3-8(9)7-18-13(11)12;1-20(2,3)5-4-19-8-18-7-10(16)11-12(15)9(14)6-17-13(11)18/h7-10,13-14H,11-12,15-16H2,1-6H3;1-6,19H,7H2,(H,17,18);1-6H,7H2,(H,16,17);6-7H,4-5,8H2,1-3H3. The molecule has 9 heterocycles. The third-order valence-electron chi connectivity index (χ3n) is 14.3. The van der Waals surface area contributed by atoms with Gasteiger partial charge >= 0.3 is 0 Å². The Morgan fingerprint density at radius 1 is 0.580 bits per heavy atom. The third kappa shape index (κ3) is 16.6. The molecule has 8 aromatic heterocycles. The van der Waals surface area contributed by atoms with E-state index >= 15 is 0 Å². The number of aromatic amines is 2. The minimum atomic E-state index is -1.14. The van der Waals surface area contributed by atoms with Gasteiger partial charge in [0, 0.05) is 110 Å². The molecule has 0 saturated heterocycles. The first-order valence-corrected chi connectivity index (χ1v) is 41.2. The molecule has 0 saturated carbocycles. The van der Waals surface area contributed by atoms with Gasteiger partial charge in [0.05, 0.1) is 62.5 Å². The Labute approximate surface area is 577 Å². The van der Waals surface area contributed by atoms with Gasteiger partial charge in [-0.25, -0.2) is 19.9 Å². The average molecular weight is 1650 g/mol. The Bertz CT molecular complexity index is 4280. The minimum absolute atomic E-state index is 0.0120. The van der Waals surface area contributed by atoms with Gasteiger partial charge in [-0.3, -0.25) is 0 Å². The van der Waals surface area contributed by atoms with Crippen molar-refractivity contribution in [2.45, 2.75) is 111 Å². The predicted molar refractivity (Wildman–Crippen MR) is 390 cm³/mol. The van der Waals surface area contributed by atoms with Crippen molar-refractivity contribution < 1.29 is 24.1 Å². The van der Waals surface area contributed by atoms with E-state index in [0.29, 0.717) is 41.7 Å². The first-order valence-electron chi connectivity index (χ1n) is 28.4. The van der Waals surface area contributed by atoms with Crippen LogP contribution in [0.15, 0.2) is 140 Å². The van der Waals surface area contributed by atoms with Gasteiger partial charge in [-0.2, -0.15) is 0 Å². The molecule has 0 aliphatic carbocycles. The molecule has 0 amide bonds. The molecule has 11 aromatic rings. The summed E-state index contributed by atoms with van der Waals surface area (Å²) in [7, 11) is -2.18. The molecule has 12 rings (SSSR count). The fourth-order valence-electron chi connectivity index (χ4n) is 9.65. The molecule has 0 fully saturated rings. The topological polar surface area (TPSA) is 150 Å². The van der Waals surface area contributed by atoms with Crippen molar-refractivity contribution in [3.05, 3.63) is 176 Å². The summed E-state index contributed by atoms with van der Waals surface area (Å²) >= 11 is 35.5. The van der Waals surface area contributed by atoms with Crippen molar-refractivity contribution in [1.82, 2.24) is 39.0 Å². The highest BCUT2D eigenvalue weighted by Crippen LogP contribution is 2.44. The van der Waals surface area contributed by atoms with Gasteiger partial charge in [0.1, 0.15) is 48.4 Å². The Hall–Kier alpha value is -3.99. The van der Waals surface area contributed by atoms with Gasteiger partial charge < -0.3 is 43.2 Å². The summed E-state index contributed by atoms with van der Waals surface area (Å²) in [6, 6.07) is 26.6. The zero-order valence-corrected chi connectivity index (χ0v) is 63.0. The second kappa shape index (κ2) is 29.7. The predicted octanol–water partition coefficient (Wildman–Crippen LogP) is 21.1. The lowest BCUT2D eigenvalue weighted by molar-refractivity contribution is -0.0147. The SMILES string of the molecule is Brc1cnc2[nH]cc3c2c1OCc1ccccc1-3.CC(C)(C)OCc1ccccc1-c1cn(COCC[Si](C)(C)C)c2ncc(Br)c(Cl)c12.C[Si](C)(C)CCOCn1cc(I)c2c(Cl)c(Br)cnc21.OCc1ccccc1-c1c[nH]c2ncc(Br)c(Cl)c12. The number of hydrogen-bond acceptors (Lipinski definition) is 9. The van der Waals surface area contributed by atoms with E-state index < -0.39 is 16.1 Å². The molecular weight excluding hydrogens is 1580 g/mol. The number of fused-ring (bicyclic) bond motifs is 5. The molecule has 0 bridgehead atoms. The van der Waals surface area contributed by atoms with Crippen LogP contribution in [-0.4, -0.2) is 79.1 Å².